The topological polar surface area (TPSA) is 198 Å². The Morgan fingerprint density at radius 3 is 2.39 bits per heavy atom. The highest BCUT2D eigenvalue weighted by atomic mass is 16.8. The van der Waals surface area contributed by atoms with Crippen molar-refractivity contribution in [2.75, 3.05) is 13.2 Å². The van der Waals surface area contributed by atoms with E-state index in [1.807, 2.05) is 26.0 Å². The molecule has 9 aliphatic heterocycles. The molecule has 9 aliphatic rings. The fraction of sp³-hybridized carbons (Fsp3) is 0.872. The first-order chi connectivity index (χ1) is 29.3. The van der Waals surface area contributed by atoms with Gasteiger partial charge in [0.2, 0.25) is 5.79 Å². The summed E-state index contributed by atoms with van der Waals surface area (Å²) in [5.74, 6) is -5.63. The van der Waals surface area contributed by atoms with E-state index in [0.29, 0.717) is 57.8 Å². The van der Waals surface area contributed by atoms with Crippen molar-refractivity contribution in [1.29, 1.82) is 0 Å². The van der Waals surface area contributed by atoms with Gasteiger partial charge in [-0.2, -0.15) is 0 Å². The number of esters is 1. The van der Waals surface area contributed by atoms with Gasteiger partial charge in [-0.1, -0.05) is 37.6 Å². The second-order valence-corrected chi connectivity index (χ2v) is 21.2. The maximum absolute atomic E-state index is 14.1. The predicted octanol–water partition coefficient (Wildman–Crippen LogP) is 4.23. The van der Waals surface area contributed by atoms with E-state index in [2.05, 4.69) is 19.9 Å². The first-order valence-corrected chi connectivity index (χ1v) is 23.5. The van der Waals surface area contributed by atoms with Crippen molar-refractivity contribution in [1.82, 2.24) is 0 Å². The average molecular weight is 875 g/mol. The molecule has 8 saturated heterocycles. The molecule has 10 bridgehead atoms. The lowest BCUT2D eigenvalue weighted by molar-refractivity contribution is -0.365. The maximum atomic E-state index is 14.1. The van der Waals surface area contributed by atoms with E-state index in [9.17, 15) is 30.0 Å². The summed E-state index contributed by atoms with van der Waals surface area (Å²) in [5, 5.41) is 45.5. The first kappa shape index (κ1) is 45.3. The number of hydrogen-bond acceptors (Lipinski definition) is 15. The Morgan fingerprint density at radius 1 is 0.806 bits per heavy atom. The number of carbonyl (C=O) groups excluding carboxylic acids is 2. The minimum atomic E-state index is -1.97. The van der Waals surface area contributed by atoms with Crippen LogP contribution in [0.5, 0.6) is 0 Å². The van der Waals surface area contributed by atoms with Gasteiger partial charge in [0, 0.05) is 38.5 Å². The second kappa shape index (κ2) is 16.5. The van der Waals surface area contributed by atoms with E-state index in [-0.39, 0.29) is 50.1 Å². The normalized spacial score (nSPS) is 55.0. The van der Waals surface area contributed by atoms with Gasteiger partial charge in [-0.3, -0.25) is 9.59 Å². The number of aliphatic hydroxyl groups excluding tert-OH is 3. The van der Waals surface area contributed by atoms with Crippen LogP contribution < -0.4 is 0 Å². The van der Waals surface area contributed by atoms with E-state index in [4.69, 9.17) is 42.6 Å². The third-order valence-corrected chi connectivity index (χ3v) is 16.0. The summed E-state index contributed by atoms with van der Waals surface area (Å²) >= 11 is 0. The summed E-state index contributed by atoms with van der Waals surface area (Å²) < 4.78 is 58.8. The van der Waals surface area contributed by atoms with Crippen LogP contribution in [0.25, 0.3) is 0 Å². The monoisotopic (exact) mass is 874 g/mol. The molecule has 0 radical (unpaired) electrons. The second-order valence-electron chi connectivity index (χ2n) is 21.2. The molecule has 8 fully saturated rings. The lowest BCUT2D eigenvalue weighted by atomic mass is 9.87. The number of hydrogen-bond donors (Lipinski definition) is 4. The predicted molar refractivity (Wildman–Crippen MR) is 219 cm³/mol. The largest absolute Gasteiger partial charge is 0.459 e. The molecule has 0 amide bonds. The molecule has 9 heterocycles. The van der Waals surface area contributed by atoms with Gasteiger partial charge in [-0.25, -0.2) is 0 Å². The van der Waals surface area contributed by atoms with Crippen molar-refractivity contribution in [3.63, 3.8) is 0 Å². The summed E-state index contributed by atoms with van der Waals surface area (Å²) in [6.45, 7) is 11.7. The van der Waals surface area contributed by atoms with Gasteiger partial charge in [-0.15, -0.1) is 0 Å². The highest BCUT2D eigenvalue weighted by molar-refractivity contribution is 5.86. The van der Waals surface area contributed by atoms with E-state index < -0.39 is 107 Å². The molecule has 9 rings (SSSR count). The number of carbonyl (C=O) groups is 2. The molecular weight excluding hydrogens is 805 g/mol. The lowest BCUT2D eigenvalue weighted by Gasteiger charge is -2.47. The maximum Gasteiger partial charge on any atom is 0.311 e. The van der Waals surface area contributed by atoms with Gasteiger partial charge in [-0.05, 0) is 90.9 Å². The molecule has 0 aliphatic carbocycles. The highest BCUT2D eigenvalue weighted by Crippen LogP contribution is 2.55. The quantitative estimate of drug-likeness (QED) is 0.288. The Bertz CT molecular complexity index is 1770. The zero-order valence-electron chi connectivity index (χ0n) is 37.3. The Labute approximate surface area is 365 Å². The lowest BCUT2D eigenvalue weighted by Crippen LogP contribution is -2.59. The zero-order valence-corrected chi connectivity index (χ0v) is 37.3. The SMILES string of the molecule is CC1=C\[C@H](C)C[C@@]2(C)CC[C@@H](O2)[C@@]23CC[C@@](CO)(C[C@@H](O2)[C@H]2O[C@](C)(CC2=O)[C@@H](O)[C@@H]2CC[C@@]4(CCC[C@H](O4)[C@@H](C)C(=O)O[C@@H]4C[C@@H]([C@@]5(O)OCC[C@@H](C)[C@H]5O)O[C@@H]4\C=C\1)O2)O3. The summed E-state index contributed by atoms with van der Waals surface area (Å²) in [4.78, 5) is 28.0. The van der Waals surface area contributed by atoms with Gasteiger partial charge in [0.05, 0.1) is 48.6 Å². The van der Waals surface area contributed by atoms with Crippen molar-refractivity contribution < 1.29 is 72.6 Å². The van der Waals surface area contributed by atoms with Gasteiger partial charge in [0.15, 0.2) is 17.4 Å². The molecule has 0 aromatic heterocycles. The van der Waals surface area contributed by atoms with Crippen LogP contribution in [0.3, 0.4) is 0 Å². The van der Waals surface area contributed by atoms with Crippen LogP contribution in [-0.4, -0.2) is 141 Å². The van der Waals surface area contributed by atoms with E-state index in [1.54, 1.807) is 13.8 Å². The molecule has 15 heteroatoms. The number of Topliss-reactive ketones (excluding diaryl/α,β-unsaturated/α-hetero) is 1. The number of allylic oxidation sites excluding steroid dienone is 3. The van der Waals surface area contributed by atoms with Crippen LogP contribution in [-0.2, 0) is 52.2 Å². The molecule has 19 atom stereocenters. The molecule has 0 aromatic rings. The first-order valence-electron chi connectivity index (χ1n) is 23.5. The minimum Gasteiger partial charge on any atom is -0.459 e. The summed E-state index contributed by atoms with van der Waals surface area (Å²) in [6, 6.07) is 0. The summed E-state index contributed by atoms with van der Waals surface area (Å²) in [7, 11) is 0. The standard InChI is InChI=1S/C47H70O15/c1-26-9-10-32-34(21-37(55-32)47(53)39(50)28(3)13-19-54-47)56-41(52)29(4)31-8-7-14-45(57-31)16-11-33(58-45)40(51)43(6)23-30(49)38(61-43)35-24-44(25-48)17-18-46(59-35,62-44)36-12-15-42(5,60-36)22-27(2)20-26/h9-10,20,27-29,31-40,48,50-51,53H,7-8,11-19,21-25H2,1-6H3/b10-9+,26-20+/t27-,28+,29+,31-,32+,33-,34+,35+,36+,37-,38-,39+,40-,42+,43+,44-,45+,46-,47+/m0/s1. The zero-order chi connectivity index (χ0) is 44.0. The van der Waals surface area contributed by atoms with Crippen molar-refractivity contribution in [3.8, 4) is 0 Å². The van der Waals surface area contributed by atoms with Gasteiger partial charge < -0.3 is 63.1 Å². The van der Waals surface area contributed by atoms with Crippen LogP contribution in [0.1, 0.15) is 131 Å². The Morgan fingerprint density at radius 2 is 1.60 bits per heavy atom. The van der Waals surface area contributed by atoms with E-state index >= 15 is 0 Å². The Hall–Kier alpha value is -1.86. The summed E-state index contributed by atoms with van der Waals surface area (Å²) in [5.41, 5.74) is -1.73. The molecule has 0 aromatic carbocycles. The van der Waals surface area contributed by atoms with Gasteiger partial charge in [0.1, 0.15) is 48.3 Å². The number of fused-ring (bicyclic) bond motifs is 10. The molecule has 15 nitrogen and oxygen atoms in total. The van der Waals surface area contributed by atoms with Crippen LogP contribution in [0, 0.1) is 17.8 Å². The number of ether oxygens (including phenoxy) is 9. The molecule has 348 valence electrons. The Balaban J connectivity index is 1.01. The van der Waals surface area contributed by atoms with Crippen LogP contribution in [0.2, 0.25) is 0 Å². The minimum absolute atomic E-state index is 0.0379. The van der Waals surface area contributed by atoms with Gasteiger partial charge >= 0.3 is 5.97 Å². The number of rotatable bonds is 2. The fourth-order valence-electron chi connectivity index (χ4n) is 12.5. The third kappa shape index (κ3) is 8.09. The number of ketones is 1. The van der Waals surface area contributed by atoms with Crippen molar-refractivity contribution in [2.24, 2.45) is 17.8 Å². The number of aliphatic hydroxyl groups is 4. The molecular formula is C47H70O15. The van der Waals surface area contributed by atoms with Crippen LogP contribution in [0.4, 0.5) is 0 Å². The van der Waals surface area contributed by atoms with Gasteiger partial charge in [0.25, 0.3) is 0 Å². The molecule has 62 heavy (non-hydrogen) atoms. The Kier molecular flexibility index (Phi) is 12.0. The molecule has 4 N–H and O–H groups in total. The summed E-state index contributed by atoms with van der Waals surface area (Å²) in [6.07, 6.45) is 4.76. The molecule has 0 unspecified atom stereocenters. The van der Waals surface area contributed by atoms with Crippen molar-refractivity contribution in [3.05, 3.63) is 23.8 Å². The smallest absolute Gasteiger partial charge is 0.311 e. The fourth-order valence-corrected chi connectivity index (χ4v) is 12.5. The van der Waals surface area contributed by atoms with Crippen LogP contribution in [0.15, 0.2) is 23.8 Å². The van der Waals surface area contributed by atoms with Crippen molar-refractivity contribution in [2.45, 2.75) is 227 Å². The van der Waals surface area contributed by atoms with Crippen LogP contribution >= 0.6 is 0 Å². The van der Waals surface area contributed by atoms with E-state index in [1.165, 1.54) is 0 Å². The molecule has 0 saturated carbocycles. The third-order valence-electron chi connectivity index (χ3n) is 16.0. The average Bonchev–Trinajstić information content (AvgIpc) is 4.06. The highest BCUT2D eigenvalue weighted by Gasteiger charge is 2.66. The molecule has 2 spiro atoms. The van der Waals surface area contributed by atoms with Crippen molar-refractivity contribution >= 4 is 11.8 Å². The van der Waals surface area contributed by atoms with E-state index in [0.717, 1.165) is 18.4 Å².